The molecule has 1 aliphatic rings. The van der Waals surface area contributed by atoms with Gasteiger partial charge in [0, 0.05) is 11.8 Å². The molecule has 96 valence electrons. The molecule has 3 rings (SSSR count). The number of hydrogen-bond acceptors (Lipinski definition) is 4. The predicted molar refractivity (Wildman–Crippen MR) is 73.7 cm³/mol. The van der Waals surface area contributed by atoms with Gasteiger partial charge in [0.15, 0.2) is 5.16 Å². The molecule has 19 heavy (non-hydrogen) atoms. The van der Waals surface area contributed by atoms with E-state index < -0.39 is 0 Å². The Bertz CT molecular complexity index is 637. The predicted octanol–water partition coefficient (Wildman–Crippen LogP) is 3.09. The molecular weight excluding hydrogens is 256 g/mol. The van der Waals surface area contributed by atoms with E-state index in [1.54, 1.807) is 11.8 Å². The Labute approximate surface area is 116 Å². The van der Waals surface area contributed by atoms with Gasteiger partial charge in [-0.15, -0.1) is 10.2 Å². The molecule has 0 bridgehead atoms. The summed E-state index contributed by atoms with van der Waals surface area (Å²) in [5.74, 6) is 1.74. The van der Waals surface area contributed by atoms with Gasteiger partial charge in [-0.05, 0) is 31.4 Å². The van der Waals surface area contributed by atoms with E-state index in [-0.39, 0.29) is 0 Å². The third-order valence-electron chi connectivity index (χ3n) is 3.24. The first-order valence-electron chi connectivity index (χ1n) is 6.32. The molecule has 1 saturated carbocycles. The molecule has 1 aromatic heterocycles. The van der Waals surface area contributed by atoms with Gasteiger partial charge >= 0.3 is 0 Å². The summed E-state index contributed by atoms with van der Waals surface area (Å²) in [4.78, 5) is 0. The van der Waals surface area contributed by atoms with Gasteiger partial charge in [0.1, 0.15) is 5.82 Å². The Morgan fingerprint density at radius 1 is 1.37 bits per heavy atom. The molecule has 1 heterocycles. The molecule has 0 spiro atoms. The lowest BCUT2D eigenvalue weighted by molar-refractivity contribution is 0.644. The first-order valence-corrected chi connectivity index (χ1v) is 7.30. The van der Waals surface area contributed by atoms with E-state index in [2.05, 4.69) is 20.8 Å². The van der Waals surface area contributed by atoms with Crippen molar-refractivity contribution in [3.8, 4) is 6.07 Å². The number of hydrogen-bond donors (Lipinski definition) is 0. The van der Waals surface area contributed by atoms with E-state index in [1.165, 1.54) is 12.8 Å². The van der Waals surface area contributed by atoms with E-state index in [1.807, 2.05) is 31.2 Å². The first kappa shape index (κ1) is 12.2. The highest BCUT2D eigenvalue weighted by molar-refractivity contribution is 7.98. The van der Waals surface area contributed by atoms with Crippen molar-refractivity contribution in [1.29, 1.82) is 5.26 Å². The number of benzene rings is 1. The molecule has 1 aromatic carbocycles. The quantitative estimate of drug-likeness (QED) is 0.801. The number of aryl methyl sites for hydroxylation is 1. The SMILES string of the molecule is Cc1nnc(SCc2ccccc2C#N)n1C1CC1. The maximum atomic E-state index is 9.08. The molecule has 0 saturated heterocycles. The number of nitriles is 1. The Morgan fingerprint density at radius 2 is 2.16 bits per heavy atom. The fraction of sp³-hybridized carbons (Fsp3) is 0.357. The van der Waals surface area contributed by atoms with Gasteiger partial charge in [-0.3, -0.25) is 0 Å². The van der Waals surface area contributed by atoms with Crippen molar-refractivity contribution in [1.82, 2.24) is 14.8 Å². The standard InChI is InChI=1S/C14H14N4S/c1-10-16-17-14(18(10)13-6-7-13)19-9-12-5-3-2-4-11(12)8-15/h2-5,13H,6-7,9H2,1H3. The summed E-state index contributed by atoms with van der Waals surface area (Å²) in [6, 6.07) is 10.5. The minimum Gasteiger partial charge on any atom is -0.303 e. The van der Waals surface area contributed by atoms with Gasteiger partial charge in [0.05, 0.1) is 11.6 Å². The summed E-state index contributed by atoms with van der Waals surface area (Å²) in [5, 5.41) is 18.4. The van der Waals surface area contributed by atoms with Crippen LogP contribution < -0.4 is 0 Å². The summed E-state index contributed by atoms with van der Waals surface area (Å²) < 4.78 is 2.22. The van der Waals surface area contributed by atoms with Crippen LogP contribution in [0.3, 0.4) is 0 Å². The number of nitrogens with zero attached hydrogens (tertiary/aromatic N) is 4. The van der Waals surface area contributed by atoms with Gasteiger partial charge in [-0.1, -0.05) is 30.0 Å². The molecular formula is C14H14N4S. The van der Waals surface area contributed by atoms with Gasteiger partial charge in [-0.25, -0.2) is 0 Å². The molecule has 0 radical (unpaired) electrons. The number of aromatic nitrogens is 3. The van der Waals surface area contributed by atoms with Crippen LogP contribution in [0.4, 0.5) is 0 Å². The lowest BCUT2D eigenvalue weighted by Crippen LogP contribution is -1.99. The van der Waals surface area contributed by atoms with Gasteiger partial charge in [-0.2, -0.15) is 5.26 Å². The third kappa shape index (κ3) is 2.49. The minimum absolute atomic E-state index is 0.587. The smallest absolute Gasteiger partial charge is 0.191 e. The monoisotopic (exact) mass is 270 g/mol. The maximum Gasteiger partial charge on any atom is 0.191 e. The van der Waals surface area contributed by atoms with E-state index in [0.29, 0.717) is 6.04 Å². The van der Waals surface area contributed by atoms with E-state index >= 15 is 0 Å². The fourth-order valence-electron chi connectivity index (χ4n) is 2.10. The molecule has 4 nitrogen and oxygen atoms in total. The Balaban J connectivity index is 1.78. The first-order chi connectivity index (χ1) is 9.29. The van der Waals surface area contributed by atoms with Crippen LogP contribution in [-0.4, -0.2) is 14.8 Å². The van der Waals surface area contributed by atoms with Gasteiger partial charge in [0.25, 0.3) is 0 Å². The van der Waals surface area contributed by atoms with Crippen molar-refractivity contribution >= 4 is 11.8 Å². The molecule has 0 amide bonds. The minimum atomic E-state index is 0.587. The van der Waals surface area contributed by atoms with Gasteiger partial charge in [0.2, 0.25) is 0 Å². The second-order valence-electron chi connectivity index (χ2n) is 4.69. The summed E-state index contributed by atoms with van der Waals surface area (Å²) in [7, 11) is 0. The Hall–Kier alpha value is -1.80. The van der Waals surface area contributed by atoms with Crippen molar-refractivity contribution in [3.63, 3.8) is 0 Å². The molecule has 5 heteroatoms. The largest absolute Gasteiger partial charge is 0.303 e. The van der Waals surface area contributed by atoms with Crippen LogP contribution in [0.1, 0.15) is 35.8 Å². The third-order valence-corrected chi connectivity index (χ3v) is 4.23. The van der Waals surface area contributed by atoms with Crippen molar-refractivity contribution < 1.29 is 0 Å². The summed E-state index contributed by atoms with van der Waals surface area (Å²) >= 11 is 1.66. The van der Waals surface area contributed by atoms with Crippen molar-refractivity contribution in [2.75, 3.05) is 0 Å². The zero-order valence-electron chi connectivity index (χ0n) is 10.7. The zero-order valence-corrected chi connectivity index (χ0v) is 11.5. The van der Waals surface area contributed by atoms with Crippen LogP contribution in [0.25, 0.3) is 0 Å². The molecule has 0 unspecified atom stereocenters. The van der Waals surface area contributed by atoms with E-state index in [4.69, 9.17) is 5.26 Å². The second-order valence-corrected chi connectivity index (χ2v) is 5.63. The molecule has 2 aromatic rings. The molecule has 0 aliphatic heterocycles. The molecule has 1 aliphatic carbocycles. The highest BCUT2D eigenvalue weighted by atomic mass is 32.2. The normalized spacial score (nSPS) is 14.3. The number of thioether (sulfide) groups is 1. The average Bonchev–Trinajstić information content (AvgIpc) is 3.20. The second kappa shape index (κ2) is 5.06. The topological polar surface area (TPSA) is 54.5 Å². The lowest BCUT2D eigenvalue weighted by Gasteiger charge is -2.07. The van der Waals surface area contributed by atoms with Crippen molar-refractivity contribution in [3.05, 3.63) is 41.2 Å². The van der Waals surface area contributed by atoms with E-state index in [9.17, 15) is 0 Å². The summed E-state index contributed by atoms with van der Waals surface area (Å²) in [6.07, 6.45) is 2.45. The van der Waals surface area contributed by atoms with Crippen LogP contribution in [-0.2, 0) is 5.75 Å². The highest BCUT2D eigenvalue weighted by Crippen LogP contribution is 2.39. The van der Waals surface area contributed by atoms with Crippen LogP contribution in [0.5, 0.6) is 0 Å². The molecule has 1 fully saturated rings. The van der Waals surface area contributed by atoms with E-state index in [0.717, 1.165) is 27.9 Å². The number of rotatable bonds is 4. The van der Waals surface area contributed by atoms with Crippen LogP contribution in [0.2, 0.25) is 0 Å². The van der Waals surface area contributed by atoms with Crippen LogP contribution in [0, 0.1) is 18.3 Å². The zero-order chi connectivity index (χ0) is 13.2. The fourth-order valence-corrected chi connectivity index (χ4v) is 3.15. The highest BCUT2D eigenvalue weighted by Gasteiger charge is 2.28. The maximum absolute atomic E-state index is 9.08. The Morgan fingerprint density at radius 3 is 2.89 bits per heavy atom. The van der Waals surface area contributed by atoms with Crippen LogP contribution in [0.15, 0.2) is 29.4 Å². The summed E-state index contributed by atoms with van der Waals surface area (Å²) in [6.45, 7) is 2.00. The average molecular weight is 270 g/mol. The summed E-state index contributed by atoms with van der Waals surface area (Å²) in [5.41, 5.74) is 1.79. The molecule has 0 N–H and O–H groups in total. The lowest BCUT2D eigenvalue weighted by atomic mass is 10.1. The molecule has 0 atom stereocenters. The van der Waals surface area contributed by atoms with Crippen molar-refractivity contribution in [2.45, 2.75) is 36.7 Å². The van der Waals surface area contributed by atoms with Crippen molar-refractivity contribution in [2.24, 2.45) is 0 Å². The van der Waals surface area contributed by atoms with Crippen LogP contribution >= 0.6 is 11.8 Å². The van der Waals surface area contributed by atoms with Gasteiger partial charge < -0.3 is 4.57 Å². The Kier molecular flexibility index (Phi) is 3.26.